The lowest BCUT2D eigenvalue weighted by molar-refractivity contribution is 1.12. The Morgan fingerprint density at radius 2 is 1.88 bits per heavy atom. The summed E-state index contributed by atoms with van der Waals surface area (Å²) in [6.45, 7) is 2.84. The molecule has 0 amide bonds. The van der Waals surface area contributed by atoms with Crippen molar-refractivity contribution in [3.05, 3.63) is 53.6 Å². The highest BCUT2D eigenvalue weighted by molar-refractivity contribution is 6.30. The van der Waals surface area contributed by atoms with E-state index in [1.54, 1.807) is 6.07 Å². The van der Waals surface area contributed by atoms with Crippen LogP contribution < -0.4 is 10.9 Å². The van der Waals surface area contributed by atoms with Gasteiger partial charge in [-0.1, -0.05) is 42.0 Å². The summed E-state index contributed by atoms with van der Waals surface area (Å²) in [6.07, 6.45) is 0. The van der Waals surface area contributed by atoms with Gasteiger partial charge in [0.05, 0.1) is 0 Å². The van der Waals surface area contributed by atoms with E-state index in [1.165, 1.54) is 11.1 Å². The number of aryl methyl sites for hydroxylation is 1. The quantitative estimate of drug-likeness (QED) is 0.778. The minimum atomic E-state index is 0.536. The molecule has 0 atom stereocenters. The predicted octanol–water partition coefficient (Wildman–Crippen LogP) is 1.80. The second-order valence-corrected chi connectivity index (χ2v) is 3.79. The minimum absolute atomic E-state index is 0.536. The van der Waals surface area contributed by atoms with Gasteiger partial charge >= 0.3 is 0 Å². The molecule has 2 nitrogen and oxygen atoms in total. The van der Waals surface area contributed by atoms with Gasteiger partial charge in [0.1, 0.15) is 13.7 Å². The van der Waals surface area contributed by atoms with Crippen LogP contribution in [0.15, 0.2) is 42.5 Å². The Labute approximate surface area is 97.1 Å². The van der Waals surface area contributed by atoms with E-state index in [1.807, 2.05) is 12.1 Å². The summed E-state index contributed by atoms with van der Waals surface area (Å²) in [5.41, 5.74) is 3.04. The van der Waals surface area contributed by atoms with E-state index in [4.69, 9.17) is 7.85 Å². The molecule has 2 radical (unpaired) electrons. The van der Waals surface area contributed by atoms with Crippen LogP contribution in [-0.4, -0.2) is 12.8 Å². The lowest BCUT2D eigenvalue weighted by Crippen LogP contribution is -2.10. The van der Waals surface area contributed by atoms with Gasteiger partial charge in [0.25, 0.3) is 0 Å². The van der Waals surface area contributed by atoms with Crippen molar-refractivity contribution in [3.63, 3.8) is 0 Å². The molecule has 2 aromatic rings. The van der Waals surface area contributed by atoms with Crippen LogP contribution in [-0.2, 0) is 6.54 Å². The first-order valence-electron chi connectivity index (χ1n) is 5.26. The van der Waals surface area contributed by atoms with Gasteiger partial charge in [-0.05, 0) is 24.1 Å². The molecule has 0 bridgehead atoms. The number of hydrogen-bond acceptors (Lipinski definition) is 2. The van der Waals surface area contributed by atoms with Gasteiger partial charge in [-0.25, -0.2) is 4.98 Å². The molecule has 0 aliphatic carbocycles. The van der Waals surface area contributed by atoms with E-state index in [9.17, 15) is 0 Å². The zero-order valence-electron chi connectivity index (χ0n) is 9.27. The molecule has 0 fully saturated rings. The zero-order chi connectivity index (χ0) is 11.4. The minimum Gasteiger partial charge on any atom is -0.366 e. The van der Waals surface area contributed by atoms with E-state index in [2.05, 4.69) is 41.5 Å². The first kappa shape index (κ1) is 10.7. The van der Waals surface area contributed by atoms with Gasteiger partial charge in [-0.2, -0.15) is 0 Å². The Bertz CT molecular complexity index is 466. The number of nitrogens with zero attached hydrogens (tertiary/aromatic N) is 1. The lowest BCUT2D eigenvalue weighted by Gasteiger charge is -2.06. The molecule has 78 valence electrons. The Kier molecular flexibility index (Phi) is 3.25. The second-order valence-electron chi connectivity index (χ2n) is 3.79. The van der Waals surface area contributed by atoms with Crippen LogP contribution in [0, 0.1) is 6.92 Å². The van der Waals surface area contributed by atoms with Crippen LogP contribution >= 0.6 is 0 Å². The third-order valence-electron chi connectivity index (χ3n) is 2.36. The van der Waals surface area contributed by atoms with Crippen LogP contribution in [0.4, 0.5) is 5.82 Å². The van der Waals surface area contributed by atoms with Crippen LogP contribution in [0.5, 0.6) is 0 Å². The molecule has 0 saturated heterocycles. The molecule has 1 aromatic carbocycles. The number of anilines is 1. The fraction of sp³-hybridized carbons (Fsp3) is 0.154. The molecule has 1 aromatic heterocycles. The Morgan fingerprint density at radius 3 is 2.56 bits per heavy atom. The van der Waals surface area contributed by atoms with Gasteiger partial charge in [-0.3, -0.25) is 0 Å². The average molecular weight is 208 g/mol. The highest BCUT2D eigenvalue weighted by atomic mass is 15.0. The van der Waals surface area contributed by atoms with Crippen molar-refractivity contribution in [3.8, 4) is 0 Å². The van der Waals surface area contributed by atoms with Crippen molar-refractivity contribution in [2.75, 3.05) is 5.32 Å². The van der Waals surface area contributed by atoms with E-state index in [-0.39, 0.29) is 0 Å². The highest BCUT2D eigenvalue weighted by Crippen LogP contribution is 2.06. The Morgan fingerprint density at radius 1 is 1.12 bits per heavy atom. The largest absolute Gasteiger partial charge is 0.366 e. The summed E-state index contributed by atoms with van der Waals surface area (Å²) >= 11 is 0. The number of rotatable bonds is 3. The number of hydrogen-bond donors (Lipinski definition) is 1. The van der Waals surface area contributed by atoms with Crippen molar-refractivity contribution in [2.24, 2.45) is 0 Å². The van der Waals surface area contributed by atoms with Crippen molar-refractivity contribution < 1.29 is 0 Å². The first-order valence-corrected chi connectivity index (χ1v) is 5.26. The maximum atomic E-state index is 5.60. The third-order valence-corrected chi connectivity index (χ3v) is 2.36. The summed E-state index contributed by atoms with van der Waals surface area (Å²) in [4.78, 5) is 4.17. The van der Waals surface area contributed by atoms with E-state index < -0.39 is 0 Å². The van der Waals surface area contributed by atoms with E-state index >= 15 is 0 Å². The molecule has 0 aliphatic rings. The molecule has 1 heterocycles. The molecular formula is C13H13BN2. The number of benzene rings is 1. The standard InChI is InChI=1S/C13H13BN2/c1-10-5-7-11(8-6-10)9-15-13-4-2-3-12(14)16-13/h2-8H,9H2,1H3,(H,15,16). The predicted molar refractivity (Wildman–Crippen MR) is 68.1 cm³/mol. The van der Waals surface area contributed by atoms with Gasteiger partial charge in [0.15, 0.2) is 0 Å². The van der Waals surface area contributed by atoms with Crippen LogP contribution in [0.3, 0.4) is 0 Å². The van der Waals surface area contributed by atoms with Crippen LogP contribution in [0.1, 0.15) is 11.1 Å². The van der Waals surface area contributed by atoms with Crippen molar-refractivity contribution in [1.29, 1.82) is 0 Å². The maximum absolute atomic E-state index is 5.60. The van der Waals surface area contributed by atoms with Crippen molar-refractivity contribution >= 4 is 19.3 Å². The monoisotopic (exact) mass is 208 g/mol. The molecule has 0 saturated carbocycles. The highest BCUT2D eigenvalue weighted by Gasteiger charge is 1.95. The smallest absolute Gasteiger partial charge is 0.141 e. The van der Waals surface area contributed by atoms with E-state index in [0.717, 1.165) is 12.4 Å². The normalized spacial score (nSPS) is 10.1. The average Bonchev–Trinajstić information content (AvgIpc) is 2.28. The van der Waals surface area contributed by atoms with Crippen molar-refractivity contribution in [2.45, 2.75) is 13.5 Å². The number of nitrogens with one attached hydrogen (secondary N) is 1. The van der Waals surface area contributed by atoms with Crippen molar-refractivity contribution in [1.82, 2.24) is 4.98 Å². The SMILES string of the molecule is [B]c1cccc(NCc2ccc(C)cc2)n1. The number of pyridine rings is 1. The number of aromatic nitrogens is 1. The second kappa shape index (κ2) is 4.84. The fourth-order valence-electron chi connectivity index (χ4n) is 1.45. The van der Waals surface area contributed by atoms with Gasteiger partial charge < -0.3 is 5.32 Å². The Hall–Kier alpha value is -1.77. The molecule has 0 aliphatic heterocycles. The zero-order valence-corrected chi connectivity index (χ0v) is 9.27. The summed E-state index contributed by atoms with van der Waals surface area (Å²) in [6, 6.07) is 14.0. The first-order chi connectivity index (χ1) is 7.74. The molecule has 16 heavy (non-hydrogen) atoms. The maximum Gasteiger partial charge on any atom is 0.141 e. The molecule has 1 N–H and O–H groups in total. The fourth-order valence-corrected chi connectivity index (χ4v) is 1.45. The molecule has 0 spiro atoms. The lowest BCUT2D eigenvalue weighted by atomic mass is 10.0. The summed E-state index contributed by atoms with van der Waals surface area (Å²) < 4.78 is 0. The molecular weight excluding hydrogens is 195 g/mol. The van der Waals surface area contributed by atoms with Crippen LogP contribution in [0.25, 0.3) is 0 Å². The molecule has 0 unspecified atom stereocenters. The van der Waals surface area contributed by atoms with Gasteiger partial charge in [0.2, 0.25) is 0 Å². The summed E-state index contributed by atoms with van der Waals surface area (Å²) in [5.74, 6) is 0.806. The van der Waals surface area contributed by atoms with Gasteiger partial charge in [-0.15, -0.1) is 0 Å². The van der Waals surface area contributed by atoms with Crippen LogP contribution in [0.2, 0.25) is 0 Å². The Balaban J connectivity index is 1.99. The van der Waals surface area contributed by atoms with Gasteiger partial charge in [0, 0.05) is 6.54 Å². The van der Waals surface area contributed by atoms with E-state index in [0.29, 0.717) is 5.59 Å². The topological polar surface area (TPSA) is 24.9 Å². The summed E-state index contributed by atoms with van der Waals surface area (Å²) in [5, 5.41) is 3.23. The molecule has 3 heteroatoms. The molecule has 2 rings (SSSR count). The summed E-state index contributed by atoms with van der Waals surface area (Å²) in [7, 11) is 5.60. The third kappa shape index (κ3) is 2.86.